The Morgan fingerprint density at radius 3 is 2.00 bits per heavy atom. The van der Waals surface area contributed by atoms with Crippen molar-refractivity contribution in [1.29, 1.82) is 0 Å². The zero-order valence-corrected chi connectivity index (χ0v) is 10.1. The molecule has 0 aliphatic heterocycles. The van der Waals surface area contributed by atoms with Crippen LogP contribution in [0.3, 0.4) is 0 Å². The van der Waals surface area contributed by atoms with Gasteiger partial charge in [0.25, 0.3) is 0 Å². The van der Waals surface area contributed by atoms with Gasteiger partial charge in [-0.15, -0.1) is 5.56 Å². The van der Waals surface area contributed by atoms with Crippen LogP contribution in [0, 0.1) is 6.92 Å². The van der Waals surface area contributed by atoms with Crippen molar-refractivity contribution in [2.75, 3.05) is 0 Å². The van der Waals surface area contributed by atoms with Gasteiger partial charge in [0.2, 0.25) is 6.43 Å². The zero-order valence-electron chi connectivity index (χ0n) is 8.07. The molecule has 1 rings (SSSR count). The van der Waals surface area contributed by atoms with E-state index in [1.54, 1.807) is 0 Å². The van der Waals surface area contributed by atoms with Gasteiger partial charge in [-0.25, -0.2) is 13.9 Å². The van der Waals surface area contributed by atoms with Crippen molar-refractivity contribution in [3.8, 4) is 0 Å². The molecule has 1 aromatic rings. The van der Waals surface area contributed by atoms with E-state index in [0.717, 1.165) is 7.05 Å². The minimum Gasteiger partial charge on any atom is -0.331 e. The number of alkyl halides is 5. The molecule has 8 heteroatoms. The van der Waals surface area contributed by atoms with E-state index in [1.165, 1.54) is 0 Å². The van der Waals surface area contributed by atoms with Gasteiger partial charge < -0.3 is 4.68 Å². The van der Waals surface area contributed by atoms with E-state index in [-0.39, 0.29) is 29.6 Å². The molecule has 0 unspecified atom stereocenters. The Bertz CT molecular complexity index is 344. The number of aryl methyl sites for hydroxylation is 1. The third-order valence-corrected chi connectivity index (χ3v) is 1.67. The summed E-state index contributed by atoms with van der Waals surface area (Å²) >= 11 is 0. The fourth-order valence-corrected chi connectivity index (χ4v) is 1.08. The molecule has 80 valence electrons. The van der Waals surface area contributed by atoms with E-state index in [0.29, 0.717) is 4.68 Å². The van der Waals surface area contributed by atoms with Crippen LogP contribution in [0.5, 0.6) is 0 Å². The molecule has 0 bridgehead atoms. The predicted molar refractivity (Wildman–Crippen MR) is 37.6 cm³/mol. The van der Waals surface area contributed by atoms with Crippen LogP contribution in [-0.2, 0) is 13.2 Å². The van der Waals surface area contributed by atoms with Crippen LogP contribution < -0.4 is 29.6 Å². The Labute approximate surface area is 105 Å². The zero-order chi connectivity index (χ0) is 11.1. The van der Waals surface area contributed by atoms with Gasteiger partial charge in [-0.2, -0.15) is 20.1 Å². The molecule has 0 saturated carbocycles. The number of aromatic nitrogens is 2. The molecule has 0 aliphatic carbocycles. The molecule has 0 spiro atoms. The number of hydrogen-bond donors (Lipinski definition) is 0. The molecular weight excluding hydrogens is 230 g/mol. The molecule has 0 radical (unpaired) electrons. The average molecular weight is 236 g/mol. The maximum atomic E-state index is 12.2. The van der Waals surface area contributed by atoms with Gasteiger partial charge in [0, 0.05) is 12.7 Å². The SMILES string of the molecule is [CH2-]c1c(C(F)(F)F)nn(C)c1C(F)F.[Na+]. The average Bonchev–Trinajstić information content (AvgIpc) is 2.24. The van der Waals surface area contributed by atoms with Gasteiger partial charge >= 0.3 is 35.7 Å². The molecule has 0 saturated heterocycles. The molecule has 1 heterocycles. The second kappa shape index (κ2) is 4.71. The topological polar surface area (TPSA) is 17.8 Å². The summed E-state index contributed by atoms with van der Waals surface area (Å²) < 4.78 is 61.4. The molecule has 0 aliphatic rings. The third kappa shape index (κ3) is 2.85. The maximum Gasteiger partial charge on any atom is 1.00 e. The Morgan fingerprint density at radius 1 is 1.33 bits per heavy atom. The normalized spacial score (nSPS) is 11.7. The summed E-state index contributed by atoms with van der Waals surface area (Å²) in [6.45, 7) is 2.95. The molecule has 0 fully saturated rings. The first-order valence-corrected chi connectivity index (χ1v) is 3.49. The summed E-state index contributed by atoms with van der Waals surface area (Å²) in [6.07, 6.45) is -7.77. The Balaban J connectivity index is 0.00000196. The van der Waals surface area contributed by atoms with E-state index < -0.39 is 29.6 Å². The van der Waals surface area contributed by atoms with Crippen LogP contribution in [0.25, 0.3) is 0 Å². The van der Waals surface area contributed by atoms with E-state index in [4.69, 9.17) is 0 Å². The van der Waals surface area contributed by atoms with E-state index in [2.05, 4.69) is 12.0 Å². The predicted octanol–water partition coefficient (Wildman–Crippen LogP) is -0.437. The fourth-order valence-electron chi connectivity index (χ4n) is 1.08. The Morgan fingerprint density at radius 2 is 1.80 bits per heavy atom. The first-order chi connectivity index (χ1) is 6.25. The van der Waals surface area contributed by atoms with Crippen LogP contribution in [0.4, 0.5) is 22.0 Å². The summed E-state index contributed by atoms with van der Waals surface area (Å²) in [7, 11) is 1.02. The van der Waals surface area contributed by atoms with Crippen molar-refractivity contribution in [3.63, 3.8) is 0 Å². The number of nitrogens with zero attached hydrogens (tertiary/aromatic N) is 2. The van der Waals surface area contributed by atoms with Crippen LogP contribution >= 0.6 is 0 Å². The Hall–Kier alpha value is -0.270. The number of hydrogen-bond acceptors (Lipinski definition) is 1. The molecule has 0 atom stereocenters. The van der Waals surface area contributed by atoms with Gasteiger partial charge in [-0.1, -0.05) is 0 Å². The van der Waals surface area contributed by atoms with Crippen molar-refractivity contribution in [3.05, 3.63) is 23.9 Å². The van der Waals surface area contributed by atoms with Crippen molar-refractivity contribution >= 4 is 0 Å². The van der Waals surface area contributed by atoms with Crippen molar-refractivity contribution < 1.29 is 51.5 Å². The molecule has 0 N–H and O–H groups in total. The van der Waals surface area contributed by atoms with Gasteiger partial charge in [0.1, 0.15) is 0 Å². The number of halogens is 5. The van der Waals surface area contributed by atoms with Crippen molar-refractivity contribution in [1.82, 2.24) is 9.78 Å². The molecule has 15 heavy (non-hydrogen) atoms. The van der Waals surface area contributed by atoms with Gasteiger partial charge in [-0.05, 0) is 0 Å². The van der Waals surface area contributed by atoms with E-state index in [1.807, 2.05) is 0 Å². The summed E-state index contributed by atoms with van der Waals surface area (Å²) in [5, 5.41) is 2.95. The fraction of sp³-hybridized carbons (Fsp3) is 0.429. The minimum absolute atomic E-state index is 0. The first-order valence-electron chi connectivity index (χ1n) is 3.49. The third-order valence-electron chi connectivity index (χ3n) is 1.67. The second-order valence-corrected chi connectivity index (χ2v) is 2.63. The summed E-state index contributed by atoms with van der Waals surface area (Å²) in [4.78, 5) is 0. The van der Waals surface area contributed by atoms with Gasteiger partial charge in [-0.3, -0.25) is 0 Å². The smallest absolute Gasteiger partial charge is 0.331 e. The van der Waals surface area contributed by atoms with E-state index in [9.17, 15) is 22.0 Å². The van der Waals surface area contributed by atoms with Gasteiger partial charge in [0.15, 0.2) is 0 Å². The molecule has 0 aromatic carbocycles. The molecule has 0 amide bonds. The minimum atomic E-state index is -4.75. The van der Waals surface area contributed by atoms with Crippen LogP contribution in [-0.4, -0.2) is 9.78 Å². The summed E-state index contributed by atoms with van der Waals surface area (Å²) in [5.74, 6) is 0. The molecule has 1 aromatic heterocycles. The van der Waals surface area contributed by atoms with Crippen LogP contribution in [0.15, 0.2) is 0 Å². The van der Waals surface area contributed by atoms with Crippen LogP contribution in [0.2, 0.25) is 0 Å². The quantitative estimate of drug-likeness (QED) is 0.367. The summed E-state index contributed by atoms with van der Waals surface area (Å²) in [6, 6.07) is 0. The molecular formula is C7H6F5N2Na. The Kier molecular flexibility index (Phi) is 4.63. The number of rotatable bonds is 1. The van der Waals surface area contributed by atoms with Crippen LogP contribution in [0.1, 0.15) is 23.4 Å². The summed E-state index contributed by atoms with van der Waals surface area (Å²) in [5.41, 5.74) is -2.94. The maximum absolute atomic E-state index is 12.2. The van der Waals surface area contributed by atoms with Crippen molar-refractivity contribution in [2.24, 2.45) is 7.05 Å². The second-order valence-electron chi connectivity index (χ2n) is 2.63. The molecule has 2 nitrogen and oxygen atoms in total. The van der Waals surface area contributed by atoms with E-state index >= 15 is 0 Å². The van der Waals surface area contributed by atoms with Crippen molar-refractivity contribution in [2.45, 2.75) is 12.6 Å². The largest absolute Gasteiger partial charge is 1.00 e. The standard InChI is InChI=1S/C7H6F5N2.Na/c1-3-4(6(8)9)14(2)13-5(3)7(10,11)12;/h6H,1H2,2H3;/q-1;+1. The monoisotopic (exact) mass is 236 g/mol. The van der Waals surface area contributed by atoms with Gasteiger partial charge in [0.05, 0.1) is 5.69 Å². The first kappa shape index (κ1) is 14.7.